The molecule has 2 fully saturated rings. The van der Waals surface area contributed by atoms with Crippen molar-refractivity contribution >= 4 is 29.1 Å². The number of fused-ring (bicyclic) bond motifs is 4. The maximum Gasteiger partial charge on any atom is 0.418 e. The quantitative estimate of drug-likeness (QED) is 0.397. The lowest BCUT2D eigenvalue weighted by molar-refractivity contribution is -0.137. The highest BCUT2D eigenvalue weighted by Gasteiger charge is 2.59. The van der Waals surface area contributed by atoms with Gasteiger partial charge in [-0.15, -0.1) is 0 Å². The number of rotatable bonds is 5. The van der Waals surface area contributed by atoms with Crippen molar-refractivity contribution in [3.8, 4) is 17.2 Å². The van der Waals surface area contributed by atoms with Gasteiger partial charge in [0.2, 0.25) is 5.91 Å². The van der Waals surface area contributed by atoms with Gasteiger partial charge in [0.05, 0.1) is 17.5 Å². The Morgan fingerprint density at radius 2 is 1.91 bits per heavy atom. The number of carbonyl (C=O) groups is 2. The van der Waals surface area contributed by atoms with Gasteiger partial charge in [-0.1, -0.05) is 0 Å². The Bertz CT molecular complexity index is 1610. The predicted octanol–water partition coefficient (Wildman–Crippen LogP) is 4.58. The van der Waals surface area contributed by atoms with Gasteiger partial charge >= 0.3 is 12.2 Å². The summed E-state index contributed by atoms with van der Waals surface area (Å²) >= 11 is 0. The van der Waals surface area contributed by atoms with Crippen molar-refractivity contribution in [2.75, 3.05) is 48.8 Å². The average Bonchev–Trinajstić information content (AvgIpc) is 3.48. The standard InChI is InChI=1S/C30H29F3N6O4/c1-38-10-12-39(13-11-38)21-5-2-16(14-20(21)30(31,32)33)35-29(41)37-26-25-19-15-17(3-6-22(19)43-27(25)26)42-23-8-9-34-28-18(23)4-7-24(40)36-28/h2-3,5-6,8-9,14-15,25-27H,4,7,10-13H2,1H3,(H,34,36,40)(H2,35,37,41)/t25?,26-,27?/m0/s1. The molecule has 3 aromatic rings. The van der Waals surface area contributed by atoms with Gasteiger partial charge in [-0.05, 0) is 55.9 Å². The molecule has 1 aromatic heterocycles. The van der Waals surface area contributed by atoms with E-state index >= 15 is 0 Å². The molecule has 3 atom stereocenters. The number of hydrogen-bond donors (Lipinski definition) is 3. The summed E-state index contributed by atoms with van der Waals surface area (Å²) in [6.45, 7) is 2.34. The van der Waals surface area contributed by atoms with Crippen LogP contribution in [0.1, 0.15) is 29.0 Å². The normalized spacial score (nSPS) is 22.5. The average molecular weight is 595 g/mol. The summed E-state index contributed by atoms with van der Waals surface area (Å²) in [5.74, 6) is 2.16. The highest BCUT2D eigenvalue weighted by molar-refractivity contribution is 5.93. The zero-order chi connectivity index (χ0) is 29.9. The largest absolute Gasteiger partial charge is 0.487 e. The smallest absolute Gasteiger partial charge is 0.418 e. The minimum Gasteiger partial charge on any atom is -0.487 e. The summed E-state index contributed by atoms with van der Waals surface area (Å²) in [5.41, 5.74) is 1.09. The number of urea groups is 1. The first-order valence-electron chi connectivity index (χ1n) is 14.1. The Balaban J connectivity index is 1.02. The third-order valence-corrected chi connectivity index (χ3v) is 8.36. The second-order valence-electron chi connectivity index (χ2n) is 11.2. The lowest BCUT2D eigenvalue weighted by atomic mass is 10.1. The van der Waals surface area contributed by atoms with Crippen LogP contribution in [-0.4, -0.2) is 67.2 Å². The number of piperazine rings is 1. The first kappa shape index (κ1) is 27.3. The molecule has 1 saturated carbocycles. The van der Waals surface area contributed by atoms with Crippen LogP contribution in [0.4, 0.5) is 35.2 Å². The van der Waals surface area contributed by atoms with Crippen molar-refractivity contribution in [3.63, 3.8) is 0 Å². The Labute approximate surface area is 245 Å². The van der Waals surface area contributed by atoms with Crippen LogP contribution in [0.3, 0.4) is 0 Å². The summed E-state index contributed by atoms with van der Waals surface area (Å²) in [6, 6.07) is 10.2. The molecule has 3 aliphatic heterocycles. The molecule has 1 saturated heterocycles. The fourth-order valence-corrected chi connectivity index (χ4v) is 6.04. The summed E-state index contributed by atoms with van der Waals surface area (Å²) < 4.78 is 54.1. The monoisotopic (exact) mass is 594 g/mol. The first-order chi connectivity index (χ1) is 20.6. The fourth-order valence-electron chi connectivity index (χ4n) is 6.04. The van der Waals surface area contributed by atoms with Gasteiger partial charge in [0.25, 0.3) is 0 Å². The maximum atomic E-state index is 14.0. The topological polar surface area (TPSA) is 108 Å². The number of carbonyl (C=O) groups excluding carboxylic acids is 2. The number of pyridine rings is 1. The van der Waals surface area contributed by atoms with Crippen LogP contribution in [0.5, 0.6) is 17.2 Å². The molecule has 4 heterocycles. The number of halogens is 3. The van der Waals surface area contributed by atoms with E-state index in [0.717, 1.165) is 17.2 Å². The molecule has 10 nitrogen and oxygen atoms in total. The zero-order valence-electron chi connectivity index (χ0n) is 23.2. The number of nitrogens with one attached hydrogen (secondary N) is 3. The van der Waals surface area contributed by atoms with E-state index < -0.39 is 17.8 Å². The van der Waals surface area contributed by atoms with E-state index in [2.05, 4.69) is 25.8 Å². The number of ether oxygens (including phenoxy) is 2. The van der Waals surface area contributed by atoms with Gasteiger partial charge < -0.3 is 35.2 Å². The van der Waals surface area contributed by atoms with Crippen LogP contribution in [0, 0.1) is 0 Å². The number of hydrogen-bond acceptors (Lipinski definition) is 7. The second-order valence-corrected chi connectivity index (χ2v) is 11.2. The molecule has 224 valence electrons. The highest BCUT2D eigenvalue weighted by atomic mass is 19.4. The third-order valence-electron chi connectivity index (χ3n) is 8.36. The van der Waals surface area contributed by atoms with E-state index in [1.54, 1.807) is 23.2 Å². The number of benzene rings is 2. The van der Waals surface area contributed by atoms with E-state index in [0.29, 0.717) is 62.1 Å². The number of likely N-dealkylation sites (N-methyl/N-ethyl adjacent to an activating group) is 1. The molecule has 2 aromatic carbocycles. The van der Waals surface area contributed by atoms with Crippen molar-refractivity contribution in [1.29, 1.82) is 0 Å². The number of amides is 3. The van der Waals surface area contributed by atoms with E-state index in [4.69, 9.17) is 9.47 Å². The Hall–Kier alpha value is -4.52. The summed E-state index contributed by atoms with van der Waals surface area (Å²) in [5, 5.41) is 8.16. The van der Waals surface area contributed by atoms with Gasteiger partial charge in [0.1, 0.15) is 29.2 Å². The SMILES string of the molecule is CN1CCN(c2ccc(NC(=O)N[C@@H]3C4Oc5ccc(Oc6ccnc7c6CCC(=O)N7)cc5C43)cc2C(F)(F)F)CC1. The number of aromatic nitrogens is 1. The van der Waals surface area contributed by atoms with Gasteiger partial charge in [0.15, 0.2) is 0 Å². The molecule has 0 radical (unpaired) electrons. The molecule has 3 amide bonds. The summed E-state index contributed by atoms with van der Waals surface area (Å²) in [4.78, 5) is 32.6. The van der Waals surface area contributed by atoms with Crippen molar-refractivity contribution in [2.45, 2.75) is 37.1 Å². The molecule has 2 unspecified atom stereocenters. The lowest BCUT2D eigenvalue weighted by Gasteiger charge is -2.35. The molecular weight excluding hydrogens is 565 g/mol. The molecule has 4 aliphatic rings. The van der Waals surface area contributed by atoms with Crippen LogP contribution in [-0.2, 0) is 17.4 Å². The number of anilines is 3. The van der Waals surface area contributed by atoms with Crippen molar-refractivity contribution in [3.05, 3.63) is 65.4 Å². The Morgan fingerprint density at radius 3 is 2.70 bits per heavy atom. The van der Waals surface area contributed by atoms with Crippen LogP contribution in [0.2, 0.25) is 0 Å². The molecule has 1 aliphatic carbocycles. The maximum absolute atomic E-state index is 14.0. The molecule has 7 rings (SSSR count). The molecule has 0 spiro atoms. The van der Waals surface area contributed by atoms with Crippen LogP contribution in [0.25, 0.3) is 0 Å². The van der Waals surface area contributed by atoms with Crippen LogP contribution in [0.15, 0.2) is 48.7 Å². The van der Waals surface area contributed by atoms with Crippen LogP contribution >= 0.6 is 0 Å². The zero-order valence-corrected chi connectivity index (χ0v) is 23.2. The van der Waals surface area contributed by atoms with Gasteiger partial charge in [-0.25, -0.2) is 9.78 Å². The Kier molecular flexibility index (Phi) is 6.56. The second kappa shape index (κ2) is 10.3. The van der Waals surface area contributed by atoms with Gasteiger partial charge in [-0.2, -0.15) is 13.2 Å². The summed E-state index contributed by atoms with van der Waals surface area (Å²) in [6.07, 6.45) is -2.40. The Morgan fingerprint density at radius 1 is 1.09 bits per heavy atom. The number of nitrogens with zero attached hydrogens (tertiary/aromatic N) is 3. The lowest BCUT2D eigenvalue weighted by Crippen LogP contribution is -2.45. The van der Waals surface area contributed by atoms with E-state index in [9.17, 15) is 22.8 Å². The van der Waals surface area contributed by atoms with Gasteiger partial charge in [0, 0.05) is 61.3 Å². The molecular formula is C30H29F3N6O4. The highest BCUT2D eigenvalue weighted by Crippen LogP contribution is 2.54. The predicted molar refractivity (Wildman–Crippen MR) is 152 cm³/mol. The first-order valence-corrected chi connectivity index (χ1v) is 14.1. The minimum absolute atomic E-state index is 0.0578. The van der Waals surface area contributed by atoms with E-state index in [-0.39, 0.29) is 35.3 Å². The number of alkyl halides is 3. The molecule has 3 N–H and O–H groups in total. The van der Waals surface area contributed by atoms with E-state index in [1.807, 2.05) is 19.2 Å². The molecule has 0 bridgehead atoms. The molecule has 13 heteroatoms. The molecule has 43 heavy (non-hydrogen) atoms. The summed E-state index contributed by atoms with van der Waals surface area (Å²) in [7, 11) is 1.94. The van der Waals surface area contributed by atoms with E-state index in [1.165, 1.54) is 12.1 Å². The van der Waals surface area contributed by atoms with Crippen molar-refractivity contribution < 1.29 is 32.2 Å². The van der Waals surface area contributed by atoms with Gasteiger partial charge in [-0.3, -0.25) is 4.79 Å². The van der Waals surface area contributed by atoms with Crippen molar-refractivity contribution in [2.24, 2.45) is 0 Å². The van der Waals surface area contributed by atoms with Crippen molar-refractivity contribution in [1.82, 2.24) is 15.2 Å². The minimum atomic E-state index is -4.57. The van der Waals surface area contributed by atoms with Crippen LogP contribution < -0.4 is 30.3 Å². The fraction of sp³-hybridized carbons (Fsp3) is 0.367. The third kappa shape index (κ3) is 5.29.